The Morgan fingerprint density at radius 1 is 0.900 bits per heavy atom. The van der Waals surface area contributed by atoms with Crippen LogP contribution in [0.3, 0.4) is 0 Å². The molecule has 0 saturated heterocycles. The summed E-state index contributed by atoms with van der Waals surface area (Å²) in [5.41, 5.74) is 1.52. The number of halogens is 2. The first-order chi connectivity index (χ1) is 14.6. The van der Waals surface area contributed by atoms with E-state index in [0.717, 1.165) is 18.2 Å². The van der Waals surface area contributed by atoms with Crippen LogP contribution in [0.1, 0.15) is 15.9 Å². The molecule has 0 unspecified atom stereocenters. The highest BCUT2D eigenvalue weighted by atomic mass is 19.1. The second-order valence-corrected chi connectivity index (χ2v) is 6.43. The van der Waals surface area contributed by atoms with Crippen molar-refractivity contribution < 1.29 is 18.0 Å². The molecule has 0 aliphatic heterocycles. The molecule has 4 nitrogen and oxygen atoms in total. The number of hydrogen-bond acceptors (Lipinski definition) is 3. The van der Waals surface area contributed by atoms with Crippen LogP contribution >= 0.6 is 0 Å². The maximum Gasteiger partial charge on any atom is 0.261 e. The van der Waals surface area contributed by atoms with Gasteiger partial charge in [0.25, 0.3) is 5.91 Å². The van der Waals surface area contributed by atoms with Crippen LogP contribution < -0.4 is 5.32 Å². The lowest BCUT2D eigenvalue weighted by Gasteiger charge is -2.04. The average Bonchev–Trinajstić information content (AvgIpc) is 3.14. The molecule has 3 aromatic carbocycles. The number of rotatable bonds is 4. The van der Waals surface area contributed by atoms with Crippen molar-refractivity contribution in [3.63, 3.8) is 0 Å². The van der Waals surface area contributed by atoms with Crippen molar-refractivity contribution in [2.75, 3.05) is 5.32 Å². The molecule has 0 saturated carbocycles. The van der Waals surface area contributed by atoms with Gasteiger partial charge in [-0.05, 0) is 23.8 Å². The Bertz CT molecular complexity index is 1260. The molecule has 146 valence electrons. The summed E-state index contributed by atoms with van der Waals surface area (Å²) >= 11 is 0. The Balaban J connectivity index is 1.85. The standard InChI is InChI=1S/C24H14F2N2O2/c25-17-11-12-20(26)18(13-17)23(29)28-24-19(14-27)21(15-7-3-1-4-8-15)22(30-24)16-9-5-2-6-10-16/h1-13H,(H,28,29). The molecule has 0 spiro atoms. The number of nitriles is 1. The Morgan fingerprint density at radius 3 is 2.17 bits per heavy atom. The molecule has 4 rings (SSSR count). The van der Waals surface area contributed by atoms with Crippen LogP contribution in [0.15, 0.2) is 83.3 Å². The molecule has 6 heteroatoms. The van der Waals surface area contributed by atoms with E-state index in [0.29, 0.717) is 22.5 Å². The molecule has 0 aliphatic carbocycles. The summed E-state index contributed by atoms with van der Waals surface area (Å²) in [6.07, 6.45) is 0. The number of benzene rings is 3. The van der Waals surface area contributed by atoms with Crippen molar-refractivity contribution in [2.45, 2.75) is 0 Å². The second kappa shape index (κ2) is 8.02. The Kier molecular flexibility index (Phi) is 5.10. The average molecular weight is 400 g/mol. The fourth-order valence-corrected chi connectivity index (χ4v) is 3.14. The van der Waals surface area contributed by atoms with E-state index in [2.05, 4.69) is 11.4 Å². The first-order valence-electron chi connectivity index (χ1n) is 9.02. The van der Waals surface area contributed by atoms with E-state index in [4.69, 9.17) is 4.42 Å². The Morgan fingerprint density at radius 2 is 1.53 bits per heavy atom. The van der Waals surface area contributed by atoms with E-state index in [9.17, 15) is 18.8 Å². The van der Waals surface area contributed by atoms with Crippen molar-refractivity contribution in [1.29, 1.82) is 5.26 Å². The van der Waals surface area contributed by atoms with Gasteiger partial charge in [0.2, 0.25) is 5.88 Å². The van der Waals surface area contributed by atoms with Gasteiger partial charge in [-0.2, -0.15) is 5.26 Å². The monoisotopic (exact) mass is 400 g/mol. The largest absolute Gasteiger partial charge is 0.438 e. The molecular weight excluding hydrogens is 386 g/mol. The van der Waals surface area contributed by atoms with Crippen molar-refractivity contribution >= 4 is 11.8 Å². The van der Waals surface area contributed by atoms with E-state index < -0.39 is 23.1 Å². The summed E-state index contributed by atoms with van der Waals surface area (Å²) in [6, 6.07) is 22.8. The maximum atomic E-state index is 14.0. The van der Waals surface area contributed by atoms with Gasteiger partial charge in [0, 0.05) is 11.1 Å². The third-order valence-electron chi connectivity index (χ3n) is 4.52. The van der Waals surface area contributed by atoms with Gasteiger partial charge in [-0.3, -0.25) is 10.1 Å². The molecule has 0 radical (unpaired) electrons. The normalized spacial score (nSPS) is 10.4. The van der Waals surface area contributed by atoms with Crippen molar-refractivity contribution in [3.8, 4) is 28.5 Å². The highest BCUT2D eigenvalue weighted by molar-refractivity contribution is 6.05. The van der Waals surface area contributed by atoms with Gasteiger partial charge in [-0.25, -0.2) is 8.78 Å². The number of anilines is 1. The van der Waals surface area contributed by atoms with E-state index in [1.54, 1.807) is 0 Å². The molecule has 0 bridgehead atoms. The zero-order chi connectivity index (χ0) is 21.1. The summed E-state index contributed by atoms with van der Waals surface area (Å²) in [7, 11) is 0. The zero-order valence-electron chi connectivity index (χ0n) is 15.5. The summed E-state index contributed by atoms with van der Waals surface area (Å²) in [5.74, 6) is -2.31. The summed E-state index contributed by atoms with van der Waals surface area (Å²) in [5, 5.41) is 12.2. The lowest BCUT2D eigenvalue weighted by molar-refractivity contribution is 0.102. The van der Waals surface area contributed by atoms with Crippen LogP contribution in [0.2, 0.25) is 0 Å². The number of hydrogen-bond donors (Lipinski definition) is 1. The number of amides is 1. The molecule has 1 heterocycles. The minimum Gasteiger partial charge on any atom is -0.438 e. The van der Waals surface area contributed by atoms with Gasteiger partial charge in [0.1, 0.15) is 29.0 Å². The molecule has 1 amide bonds. The molecule has 0 atom stereocenters. The van der Waals surface area contributed by atoms with Crippen LogP contribution in [0.25, 0.3) is 22.5 Å². The lowest BCUT2D eigenvalue weighted by atomic mass is 9.98. The SMILES string of the molecule is N#Cc1c(NC(=O)c2cc(F)ccc2F)oc(-c2ccccc2)c1-c1ccccc1. The van der Waals surface area contributed by atoms with Crippen LogP contribution in [0.4, 0.5) is 14.7 Å². The van der Waals surface area contributed by atoms with Gasteiger partial charge in [0.05, 0.1) is 5.56 Å². The molecular formula is C24H14F2N2O2. The van der Waals surface area contributed by atoms with Crippen molar-refractivity contribution in [3.05, 3.63) is 102 Å². The van der Waals surface area contributed by atoms with Crippen molar-refractivity contribution in [1.82, 2.24) is 0 Å². The van der Waals surface area contributed by atoms with E-state index >= 15 is 0 Å². The zero-order valence-corrected chi connectivity index (χ0v) is 15.5. The second-order valence-electron chi connectivity index (χ2n) is 6.43. The first-order valence-corrected chi connectivity index (χ1v) is 9.02. The van der Waals surface area contributed by atoms with Crippen LogP contribution in [0, 0.1) is 23.0 Å². The highest BCUT2D eigenvalue weighted by Gasteiger charge is 2.25. The van der Waals surface area contributed by atoms with Crippen molar-refractivity contribution in [2.24, 2.45) is 0 Å². The minimum absolute atomic E-state index is 0.0882. The third kappa shape index (κ3) is 3.56. The topological polar surface area (TPSA) is 66.0 Å². The fourth-order valence-electron chi connectivity index (χ4n) is 3.14. The molecule has 30 heavy (non-hydrogen) atoms. The molecule has 0 aliphatic rings. The van der Waals surface area contributed by atoms with Crippen LogP contribution in [-0.4, -0.2) is 5.91 Å². The van der Waals surface area contributed by atoms with Gasteiger partial charge in [0.15, 0.2) is 0 Å². The van der Waals surface area contributed by atoms with E-state index in [1.165, 1.54) is 0 Å². The predicted molar refractivity (Wildman–Crippen MR) is 109 cm³/mol. The van der Waals surface area contributed by atoms with Gasteiger partial charge in [-0.1, -0.05) is 60.7 Å². The number of furan rings is 1. The Labute approximate surface area is 171 Å². The van der Waals surface area contributed by atoms with E-state index in [-0.39, 0.29) is 11.4 Å². The minimum atomic E-state index is -0.920. The number of carbonyl (C=O) groups is 1. The lowest BCUT2D eigenvalue weighted by Crippen LogP contribution is -2.14. The van der Waals surface area contributed by atoms with Gasteiger partial charge in [-0.15, -0.1) is 0 Å². The summed E-state index contributed by atoms with van der Waals surface area (Å²) in [4.78, 5) is 12.6. The first kappa shape index (κ1) is 19.1. The van der Waals surface area contributed by atoms with E-state index in [1.807, 2.05) is 60.7 Å². The van der Waals surface area contributed by atoms with Crippen LogP contribution in [-0.2, 0) is 0 Å². The predicted octanol–water partition coefficient (Wildman–Crippen LogP) is 6.02. The highest BCUT2D eigenvalue weighted by Crippen LogP contribution is 2.41. The number of nitrogens with zero attached hydrogens (tertiary/aromatic N) is 1. The summed E-state index contributed by atoms with van der Waals surface area (Å²) in [6.45, 7) is 0. The molecule has 1 N–H and O–H groups in total. The Hall–Kier alpha value is -4.24. The smallest absolute Gasteiger partial charge is 0.261 e. The summed E-state index contributed by atoms with van der Waals surface area (Å²) < 4.78 is 33.3. The quantitative estimate of drug-likeness (QED) is 0.456. The third-order valence-corrected chi connectivity index (χ3v) is 4.52. The number of nitrogens with one attached hydrogen (secondary N) is 1. The van der Waals surface area contributed by atoms with Gasteiger partial charge >= 0.3 is 0 Å². The maximum absolute atomic E-state index is 14.0. The molecule has 4 aromatic rings. The van der Waals surface area contributed by atoms with Crippen LogP contribution in [0.5, 0.6) is 0 Å². The fraction of sp³-hybridized carbons (Fsp3) is 0. The molecule has 1 aromatic heterocycles. The van der Waals surface area contributed by atoms with Gasteiger partial charge < -0.3 is 4.42 Å². The molecule has 0 fully saturated rings. The number of carbonyl (C=O) groups excluding carboxylic acids is 1.